The number of aromatic nitrogens is 1. The number of hydrogen-bond donors (Lipinski definition) is 0. The van der Waals surface area contributed by atoms with Crippen LogP contribution in [-0.2, 0) is 11.2 Å². The minimum absolute atomic E-state index is 0.00124. The molecule has 2 aliphatic rings. The van der Waals surface area contributed by atoms with Crippen molar-refractivity contribution in [1.82, 2.24) is 4.98 Å². The summed E-state index contributed by atoms with van der Waals surface area (Å²) in [5.41, 5.74) is 1.09. The first-order valence-corrected chi connectivity index (χ1v) is 9.60. The van der Waals surface area contributed by atoms with Crippen LogP contribution >= 0.6 is 0 Å². The molecule has 0 radical (unpaired) electrons. The molecule has 1 saturated carbocycles. The smallest absolute Gasteiger partial charge is 0.252 e. The van der Waals surface area contributed by atoms with Gasteiger partial charge in [0.1, 0.15) is 5.82 Å². The zero-order valence-corrected chi connectivity index (χ0v) is 15.3. The van der Waals surface area contributed by atoms with E-state index in [-0.39, 0.29) is 18.7 Å². The molecule has 1 fully saturated rings. The monoisotopic (exact) mass is 364 g/mol. The Bertz CT molecular complexity index is 814. The Labute approximate surface area is 159 Å². The van der Waals surface area contributed by atoms with Crippen LogP contribution < -0.4 is 14.4 Å². The van der Waals surface area contributed by atoms with Gasteiger partial charge in [0.15, 0.2) is 11.5 Å². The second-order valence-corrected chi connectivity index (χ2v) is 6.98. The minimum Gasteiger partial charge on any atom is -0.454 e. The number of rotatable bonds is 5. The molecular formula is C22H24N2O3. The van der Waals surface area contributed by atoms with E-state index in [4.69, 9.17) is 9.47 Å². The summed E-state index contributed by atoms with van der Waals surface area (Å²) in [5.74, 6) is 2.28. The maximum absolute atomic E-state index is 13.0. The fourth-order valence-corrected chi connectivity index (χ4v) is 3.76. The molecule has 1 amide bonds. The van der Waals surface area contributed by atoms with Gasteiger partial charge in [0.25, 0.3) is 5.91 Å². The van der Waals surface area contributed by atoms with Crippen molar-refractivity contribution in [2.45, 2.75) is 44.6 Å². The molecule has 5 nitrogen and oxygen atoms in total. The normalized spacial score (nSPS) is 16.6. The van der Waals surface area contributed by atoms with Gasteiger partial charge in [-0.3, -0.25) is 9.69 Å². The van der Waals surface area contributed by atoms with Gasteiger partial charge < -0.3 is 9.47 Å². The van der Waals surface area contributed by atoms with Gasteiger partial charge in [-0.05, 0) is 55.2 Å². The first kappa shape index (κ1) is 17.6. The van der Waals surface area contributed by atoms with E-state index in [9.17, 15) is 4.79 Å². The van der Waals surface area contributed by atoms with E-state index in [2.05, 4.69) is 4.98 Å². The molecule has 4 rings (SSSR count). The lowest BCUT2D eigenvalue weighted by molar-refractivity contribution is -0.114. The van der Waals surface area contributed by atoms with Gasteiger partial charge in [0.2, 0.25) is 6.79 Å². The topological polar surface area (TPSA) is 51.7 Å². The summed E-state index contributed by atoms with van der Waals surface area (Å²) in [7, 11) is 0. The molecule has 1 aromatic heterocycles. The number of hydrogen-bond acceptors (Lipinski definition) is 4. The summed E-state index contributed by atoms with van der Waals surface area (Å²) in [6.45, 7) is 0.271. The van der Waals surface area contributed by atoms with Crippen molar-refractivity contribution in [2.24, 2.45) is 0 Å². The predicted octanol–water partition coefficient (Wildman–Crippen LogP) is 4.27. The number of allylic oxidation sites excluding steroid dienone is 1. The van der Waals surface area contributed by atoms with E-state index in [0.717, 1.165) is 35.7 Å². The Morgan fingerprint density at radius 1 is 1.11 bits per heavy atom. The van der Waals surface area contributed by atoms with E-state index in [0.29, 0.717) is 6.42 Å². The van der Waals surface area contributed by atoms with E-state index in [1.165, 1.54) is 19.3 Å². The van der Waals surface area contributed by atoms with Crippen LogP contribution in [-0.4, -0.2) is 23.7 Å². The van der Waals surface area contributed by atoms with Gasteiger partial charge >= 0.3 is 0 Å². The fourth-order valence-electron chi connectivity index (χ4n) is 3.76. The number of ether oxygens (including phenoxy) is 2. The van der Waals surface area contributed by atoms with E-state index < -0.39 is 0 Å². The highest BCUT2D eigenvalue weighted by atomic mass is 16.7. The summed E-state index contributed by atoms with van der Waals surface area (Å²) in [5, 5.41) is 0. The summed E-state index contributed by atoms with van der Waals surface area (Å²) in [6, 6.07) is 11.8. The highest BCUT2D eigenvalue weighted by molar-refractivity contribution is 6.01. The number of carbonyl (C=O) groups excluding carboxylic acids is 1. The van der Waals surface area contributed by atoms with Gasteiger partial charge in [-0.15, -0.1) is 0 Å². The molecule has 140 valence electrons. The van der Waals surface area contributed by atoms with Crippen molar-refractivity contribution in [2.75, 3.05) is 11.7 Å². The largest absolute Gasteiger partial charge is 0.454 e. The van der Waals surface area contributed by atoms with Gasteiger partial charge in [0.05, 0.1) is 0 Å². The molecule has 1 aromatic carbocycles. The van der Waals surface area contributed by atoms with Crippen LogP contribution in [0.5, 0.6) is 11.5 Å². The molecule has 1 aliphatic heterocycles. The first-order valence-electron chi connectivity index (χ1n) is 9.60. The minimum atomic E-state index is 0.00124. The third-order valence-electron chi connectivity index (χ3n) is 5.12. The Hall–Kier alpha value is -2.82. The SMILES string of the molecule is O=C(/C=C/Cc1ccc2c(c1)OCO2)N(c1ccccn1)C1CCCCC1. The molecule has 2 aromatic rings. The van der Waals surface area contributed by atoms with Crippen molar-refractivity contribution in [3.8, 4) is 11.5 Å². The van der Waals surface area contributed by atoms with Crippen LogP contribution in [0.3, 0.4) is 0 Å². The summed E-state index contributed by atoms with van der Waals surface area (Å²) in [6.07, 6.45) is 11.7. The zero-order valence-electron chi connectivity index (χ0n) is 15.3. The van der Waals surface area contributed by atoms with Crippen molar-refractivity contribution in [1.29, 1.82) is 0 Å². The van der Waals surface area contributed by atoms with Crippen molar-refractivity contribution < 1.29 is 14.3 Å². The zero-order chi connectivity index (χ0) is 18.5. The van der Waals surface area contributed by atoms with E-state index in [1.54, 1.807) is 12.3 Å². The molecule has 0 spiro atoms. The number of amides is 1. The Balaban J connectivity index is 1.47. The van der Waals surface area contributed by atoms with Crippen LogP contribution in [0.15, 0.2) is 54.7 Å². The van der Waals surface area contributed by atoms with Crippen LogP contribution in [0.2, 0.25) is 0 Å². The lowest BCUT2D eigenvalue weighted by Gasteiger charge is -2.32. The fraction of sp³-hybridized carbons (Fsp3) is 0.364. The Morgan fingerprint density at radius 2 is 1.96 bits per heavy atom. The lowest BCUT2D eigenvalue weighted by atomic mass is 9.94. The van der Waals surface area contributed by atoms with Gasteiger partial charge in [-0.2, -0.15) is 0 Å². The number of fused-ring (bicyclic) bond motifs is 1. The number of carbonyl (C=O) groups is 1. The maximum Gasteiger partial charge on any atom is 0.252 e. The highest BCUT2D eigenvalue weighted by Crippen LogP contribution is 2.32. The van der Waals surface area contributed by atoms with Crippen molar-refractivity contribution in [3.05, 3.63) is 60.3 Å². The molecule has 0 unspecified atom stereocenters. The molecule has 27 heavy (non-hydrogen) atoms. The van der Waals surface area contributed by atoms with Crippen LogP contribution in [0.25, 0.3) is 0 Å². The van der Waals surface area contributed by atoms with Crippen LogP contribution in [0.1, 0.15) is 37.7 Å². The summed E-state index contributed by atoms with van der Waals surface area (Å²) < 4.78 is 10.7. The molecule has 0 atom stereocenters. The number of anilines is 1. The third kappa shape index (κ3) is 4.13. The standard InChI is InChI=1S/C22H24N2O3/c25-22(11-6-7-17-12-13-19-20(15-17)27-16-26-19)24(18-8-2-1-3-9-18)21-10-4-5-14-23-21/h4-6,10-15,18H,1-3,7-9,16H2/b11-6+. The number of benzene rings is 1. The highest BCUT2D eigenvalue weighted by Gasteiger charge is 2.26. The maximum atomic E-state index is 13.0. The first-order chi connectivity index (χ1) is 13.3. The average molecular weight is 364 g/mol. The van der Waals surface area contributed by atoms with E-state index in [1.807, 2.05) is 47.4 Å². The third-order valence-corrected chi connectivity index (χ3v) is 5.12. The van der Waals surface area contributed by atoms with Crippen LogP contribution in [0.4, 0.5) is 5.82 Å². The number of nitrogens with zero attached hydrogens (tertiary/aromatic N) is 2. The second-order valence-electron chi connectivity index (χ2n) is 6.98. The molecule has 5 heteroatoms. The van der Waals surface area contributed by atoms with Crippen LogP contribution in [0, 0.1) is 0 Å². The van der Waals surface area contributed by atoms with E-state index >= 15 is 0 Å². The molecule has 0 saturated heterocycles. The number of pyridine rings is 1. The second kappa shape index (κ2) is 8.25. The van der Waals surface area contributed by atoms with Gasteiger partial charge in [-0.1, -0.05) is 37.5 Å². The molecular weight excluding hydrogens is 340 g/mol. The lowest BCUT2D eigenvalue weighted by Crippen LogP contribution is -2.41. The van der Waals surface area contributed by atoms with Gasteiger partial charge in [-0.25, -0.2) is 4.98 Å². The molecule has 2 heterocycles. The predicted molar refractivity (Wildman–Crippen MR) is 104 cm³/mol. The van der Waals surface area contributed by atoms with Crippen molar-refractivity contribution >= 4 is 11.7 Å². The Morgan fingerprint density at radius 3 is 2.78 bits per heavy atom. The molecule has 1 aliphatic carbocycles. The molecule has 0 bridgehead atoms. The summed E-state index contributed by atoms with van der Waals surface area (Å²) >= 11 is 0. The van der Waals surface area contributed by atoms with Crippen molar-refractivity contribution in [3.63, 3.8) is 0 Å². The molecule has 0 N–H and O–H groups in total. The van der Waals surface area contributed by atoms with Gasteiger partial charge in [0, 0.05) is 12.2 Å². The Kier molecular flexibility index (Phi) is 5.37. The average Bonchev–Trinajstić information content (AvgIpc) is 3.18. The summed E-state index contributed by atoms with van der Waals surface area (Å²) in [4.78, 5) is 19.3. The quantitative estimate of drug-likeness (QED) is 0.743.